The largest absolute Gasteiger partial charge is 0.489 e. The molecule has 0 spiro atoms. The summed E-state index contributed by atoms with van der Waals surface area (Å²) in [6.45, 7) is 1.14. The van der Waals surface area contributed by atoms with E-state index in [0.29, 0.717) is 23.2 Å². The number of hydrogen-bond acceptors (Lipinski definition) is 2. The van der Waals surface area contributed by atoms with Crippen LogP contribution in [-0.4, -0.2) is 0 Å². The van der Waals surface area contributed by atoms with E-state index >= 15 is 0 Å². The number of para-hydroxylation sites is 2. The predicted molar refractivity (Wildman–Crippen MR) is 101 cm³/mol. The highest BCUT2D eigenvalue weighted by atomic mass is 35.5. The lowest BCUT2D eigenvalue weighted by molar-refractivity contribution is 0.303. The zero-order chi connectivity index (χ0) is 16.8. The number of anilines is 1. The Labute approximate surface area is 152 Å². The van der Waals surface area contributed by atoms with Crippen molar-refractivity contribution in [2.45, 2.75) is 13.2 Å². The molecular formula is C20H17Cl2NO. The lowest BCUT2D eigenvalue weighted by Crippen LogP contribution is -2.03. The summed E-state index contributed by atoms with van der Waals surface area (Å²) in [5, 5.41) is 4.49. The van der Waals surface area contributed by atoms with Gasteiger partial charge in [-0.05, 0) is 35.9 Å². The fourth-order valence-electron chi connectivity index (χ4n) is 2.33. The third kappa shape index (κ3) is 4.44. The first kappa shape index (κ1) is 16.7. The highest BCUT2D eigenvalue weighted by Crippen LogP contribution is 2.25. The molecule has 0 amide bonds. The van der Waals surface area contributed by atoms with Gasteiger partial charge in [0.2, 0.25) is 0 Å². The van der Waals surface area contributed by atoms with Crippen molar-refractivity contribution in [3.05, 3.63) is 94.0 Å². The lowest BCUT2D eigenvalue weighted by Gasteiger charge is -2.13. The molecule has 3 aromatic carbocycles. The Morgan fingerprint density at radius 3 is 2.33 bits per heavy atom. The summed E-state index contributed by atoms with van der Waals surface area (Å²) in [4.78, 5) is 0. The third-order valence-corrected chi connectivity index (χ3v) is 4.35. The lowest BCUT2D eigenvalue weighted by atomic mass is 10.2. The monoisotopic (exact) mass is 357 g/mol. The van der Waals surface area contributed by atoms with Crippen LogP contribution < -0.4 is 10.1 Å². The Hall–Kier alpha value is -2.16. The maximum absolute atomic E-state index is 6.05. The van der Waals surface area contributed by atoms with E-state index in [4.69, 9.17) is 27.9 Å². The van der Waals surface area contributed by atoms with E-state index in [1.807, 2.05) is 60.7 Å². The van der Waals surface area contributed by atoms with E-state index in [1.165, 1.54) is 0 Å². The van der Waals surface area contributed by atoms with Crippen LogP contribution in [0.1, 0.15) is 11.1 Å². The van der Waals surface area contributed by atoms with Crippen LogP contribution in [0.15, 0.2) is 72.8 Å². The molecule has 0 atom stereocenters. The average Bonchev–Trinajstić information content (AvgIpc) is 2.62. The molecule has 24 heavy (non-hydrogen) atoms. The van der Waals surface area contributed by atoms with Gasteiger partial charge >= 0.3 is 0 Å². The number of ether oxygens (including phenoxy) is 1. The molecule has 0 aliphatic rings. The zero-order valence-corrected chi connectivity index (χ0v) is 14.5. The van der Waals surface area contributed by atoms with Crippen molar-refractivity contribution in [1.29, 1.82) is 0 Å². The zero-order valence-electron chi connectivity index (χ0n) is 13.0. The van der Waals surface area contributed by atoms with Crippen molar-refractivity contribution in [3.8, 4) is 5.75 Å². The van der Waals surface area contributed by atoms with E-state index in [1.54, 1.807) is 6.07 Å². The molecule has 0 fully saturated rings. The Morgan fingerprint density at radius 1 is 0.792 bits per heavy atom. The van der Waals surface area contributed by atoms with E-state index in [0.717, 1.165) is 22.6 Å². The second-order valence-electron chi connectivity index (χ2n) is 5.36. The van der Waals surface area contributed by atoms with Crippen LogP contribution in [0.25, 0.3) is 0 Å². The Morgan fingerprint density at radius 2 is 1.54 bits per heavy atom. The van der Waals surface area contributed by atoms with Crippen molar-refractivity contribution >= 4 is 28.9 Å². The number of nitrogens with one attached hydrogen (secondary N) is 1. The molecule has 0 unspecified atom stereocenters. The first-order chi connectivity index (χ1) is 11.7. The van der Waals surface area contributed by atoms with Crippen LogP contribution in [0, 0.1) is 0 Å². The van der Waals surface area contributed by atoms with Crippen LogP contribution in [0.4, 0.5) is 5.69 Å². The molecule has 122 valence electrons. The molecule has 3 rings (SSSR count). The minimum Gasteiger partial charge on any atom is -0.489 e. The Kier molecular flexibility index (Phi) is 5.63. The van der Waals surface area contributed by atoms with Gasteiger partial charge in [-0.3, -0.25) is 0 Å². The van der Waals surface area contributed by atoms with E-state index in [-0.39, 0.29) is 0 Å². The number of hydrogen-bond donors (Lipinski definition) is 1. The molecule has 0 saturated carbocycles. The van der Waals surface area contributed by atoms with Gasteiger partial charge in [-0.15, -0.1) is 0 Å². The molecule has 0 heterocycles. The fraction of sp³-hybridized carbons (Fsp3) is 0.100. The smallest absolute Gasteiger partial charge is 0.124 e. The van der Waals surface area contributed by atoms with Gasteiger partial charge in [0, 0.05) is 17.8 Å². The summed E-state index contributed by atoms with van der Waals surface area (Å²) in [6, 6.07) is 23.6. The molecule has 0 aliphatic carbocycles. The second-order valence-corrected chi connectivity index (χ2v) is 6.18. The summed E-state index contributed by atoms with van der Waals surface area (Å²) in [5.41, 5.74) is 3.16. The van der Waals surface area contributed by atoms with Crippen molar-refractivity contribution in [3.63, 3.8) is 0 Å². The first-order valence-corrected chi connectivity index (χ1v) is 8.41. The van der Waals surface area contributed by atoms with Gasteiger partial charge in [-0.25, -0.2) is 0 Å². The summed E-state index contributed by atoms with van der Waals surface area (Å²) in [6.07, 6.45) is 0. The first-order valence-electron chi connectivity index (χ1n) is 7.66. The average molecular weight is 358 g/mol. The summed E-state index contributed by atoms with van der Waals surface area (Å²) in [7, 11) is 0. The highest BCUT2D eigenvalue weighted by molar-refractivity contribution is 6.42. The molecule has 1 N–H and O–H groups in total. The van der Waals surface area contributed by atoms with Crippen molar-refractivity contribution in [2.24, 2.45) is 0 Å². The van der Waals surface area contributed by atoms with E-state index in [9.17, 15) is 0 Å². The van der Waals surface area contributed by atoms with Crippen LogP contribution in [0.3, 0.4) is 0 Å². The van der Waals surface area contributed by atoms with Gasteiger partial charge in [0.25, 0.3) is 0 Å². The maximum Gasteiger partial charge on any atom is 0.124 e. The summed E-state index contributed by atoms with van der Waals surface area (Å²) in [5.74, 6) is 0.854. The number of rotatable bonds is 6. The van der Waals surface area contributed by atoms with E-state index in [2.05, 4.69) is 11.4 Å². The van der Waals surface area contributed by atoms with Crippen LogP contribution in [-0.2, 0) is 13.2 Å². The predicted octanol–water partition coefficient (Wildman–Crippen LogP) is 6.18. The Balaban J connectivity index is 1.66. The highest BCUT2D eigenvalue weighted by Gasteiger charge is 2.05. The molecule has 0 saturated heterocycles. The van der Waals surface area contributed by atoms with Crippen LogP contribution >= 0.6 is 23.2 Å². The third-order valence-electron chi connectivity index (χ3n) is 3.61. The Bertz CT molecular complexity index is 806. The van der Waals surface area contributed by atoms with Crippen LogP contribution in [0.2, 0.25) is 10.0 Å². The molecule has 4 heteroatoms. The molecular weight excluding hydrogens is 341 g/mol. The molecule has 3 aromatic rings. The van der Waals surface area contributed by atoms with E-state index < -0.39 is 0 Å². The van der Waals surface area contributed by atoms with Gasteiger partial charge in [0.1, 0.15) is 12.4 Å². The van der Waals surface area contributed by atoms with Gasteiger partial charge < -0.3 is 10.1 Å². The number of halogens is 2. The second kappa shape index (κ2) is 8.09. The topological polar surface area (TPSA) is 21.3 Å². The van der Waals surface area contributed by atoms with Gasteiger partial charge in [-0.2, -0.15) is 0 Å². The summed E-state index contributed by atoms with van der Waals surface area (Å²) < 4.78 is 5.96. The minimum absolute atomic E-state index is 0.444. The van der Waals surface area contributed by atoms with Crippen molar-refractivity contribution in [2.75, 3.05) is 5.32 Å². The van der Waals surface area contributed by atoms with Crippen LogP contribution in [0.5, 0.6) is 5.75 Å². The van der Waals surface area contributed by atoms with Gasteiger partial charge in [0.15, 0.2) is 0 Å². The number of benzene rings is 3. The molecule has 0 bridgehead atoms. The standard InChI is InChI=1S/C20H17Cl2NO/c21-18-11-10-15(12-19(18)22)14-24-20-9-5-4-6-16(20)13-23-17-7-2-1-3-8-17/h1-12,23H,13-14H2. The van der Waals surface area contributed by atoms with Gasteiger partial charge in [0.05, 0.1) is 10.0 Å². The fourth-order valence-corrected chi connectivity index (χ4v) is 2.66. The van der Waals surface area contributed by atoms with Crippen molar-refractivity contribution < 1.29 is 4.74 Å². The van der Waals surface area contributed by atoms with Crippen molar-refractivity contribution in [1.82, 2.24) is 0 Å². The van der Waals surface area contributed by atoms with Gasteiger partial charge in [-0.1, -0.05) is 65.7 Å². The normalized spacial score (nSPS) is 10.4. The quantitative estimate of drug-likeness (QED) is 0.568. The summed E-state index contributed by atoms with van der Waals surface area (Å²) >= 11 is 12.0. The maximum atomic E-state index is 6.05. The molecule has 0 radical (unpaired) electrons. The molecule has 0 aromatic heterocycles. The minimum atomic E-state index is 0.444. The molecule has 0 aliphatic heterocycles. The SMILES string of the molecule is Clc1ccc(COc2ccccc2CNc2ccccc2)cc1Cl. The molecule has 2 nitrogen and oxygen atoms in total.